The van der Waals surface area contributed by atoms with Crippen LogP contribution in [0.2, 0.25) is 0 Å². The molecule has 1 aliphatic heterocycles. The van der Waals surface area contributed by atoms with Crippen LogP contribution in [0.1, 0.15) is 51.9 Å². The lowest BCUT2D eigenvalue weighted by Gasteiger charge is -2.39. The van der Waals surface area contributed by atoms with Crippen LogP contribution >= 0.6 is 0 Å². The molecule has 1 saturated heterocycles. The van der Waals surface area contributed by atoms with E-state index in [1.165, 1.54) is 51.5 Å². The summed E-state index contributed by atoms with van der Waals surface area (Å²) in [6.45, 7) is 3.45. The minimum absolute atomic E-state index is 0.399. The van der Waals surface area contributed by atoms with Gasteiger partial charge in [0, 0.05) is 12.1 Å². The molecule has 3 atom stereocenters. The summed E-state index contributed by atoms with van der Waals surface area (Å²) >= 11 is 0. The first-order valence-electron chi connectivity index (χ1n) is 6.80. The molecule has 0 aromatic carbocycles. The fourth-order valence-electron chi connectivity index (χ4n) is 3.46. The summed E-state index contributed by atoms with van der Waals surface area (Å²) in [5.74, 6) is 1.83. The number of piperidine rings is 1. The molecule has 0 bridgehead atoms. The molecule has 1 aliphatic carbocycles. The normalized spacial score (nSPS) is 39.2. The number of nitrogens with one attached hydrogen (secondary N) is 1. The summed E-state index contributed by atoms with van der Waals surface area (Å²) < 4.78 is 0. The SMILES string of the molecule is CCC1NCC(C2CCCCC2)CC1N. The van der Waals surface area contributed by atoms with E-state index in [9.17, 15) is 0 Å². The summed E-state index contributed by atoms with van der Waals surface area (Å²) in [6, 6.07) is 0.973. The van der Waals surface area contributed by atoms with Crippen LogP contribution in [0.5, 0.6) is 0 Å². The van der Waals surface area contributed by atoms with Crippen molar-refractivity contribution in [3.63, 3.8) is 0 Å². The van der Waals surface area contributed by atoms with E-state index in [0.717, 1.165) is 11.8 Å². The molecule has 2 heteroatoms. The van der Waals surface area contributed by atoms with Gasteiger partial charge in [0.1, 0.15) is 0 Å². The van der Waals surface area contributed by atoms with Gasteiger partial charge in [-0.1, -0.05) is 39.0 Å². The molecule has 3 N–H and O–H groups in total. The maximum absolute atomic E-state index is 6.22. The zero-order valence-corrected chi connectivity index (χ0v) is 10.0. The molecule has 3 unspecified atom stereocenters. The summed E-state index contributed by atoms with van der Waals surface area (Å²) in [5.41, 5.74) is 6.22. The van der Waals surface area contributed by atoms with Gasteiger partial charge in [-0.25, -0.2) is 0 Å². The van der Waals surface area contributed by atoms with Crippen LogP contribution in [-0.4, -0.2) is 18.6 Å². The van der Waals surface area contributed by atoms with Gasteiger partial charge in [-0.2, -0.15) is 0 Å². The van der Waals surface area contributed by atoms with Crippen LogP contribution in [0, 0.1) is 11.8 Å². The molecular formula is C13H26N2. The van der Waals surface area contributed by atoms with Crippen LogP contribution in [0.15, 0.2) is 0 Å². The first-order valence-corrected chi connectivity index (χ1v) is 6.80. The number of nitrogens with two attached hydrogens (primary N) is 1. The lowest BCUT2D eigenvalue weighted by atomic mass is 9.74. The molecule has 0 amide bonds. The Hall–Kier alpha value is -0.0800. The van der Waals surface area contributed by atoms with Gasteiger partial charge in [-0.3, -0.25) is 0 Å². The number of hydrogen-bond donors (Lipinski definition) is 2. The minimum atomic E-state index is 0.399. The second-order valence-electron chi connectivity index (χ2n) is 5.48. The second-order valence-corrected chi connectivity index (χ2v) is 5.48. The van der Waals surface area contributed by atoms with Gasteiger partial charge in [-0.15, -0.1) is 0 Å². The van der Waals surface area contributed by atoms with Crippen molar-refractivity contribution in [1.82, 2.24) is 5.32 Å². The van der Waals surface area contributed by atoms with Crippen LogP contribution < -0.4 is 11.1 Å². The highest BCUT2D eigenvalue weighted by atomic mass is 15.0. The maximum Gasteiger partial charge on any atom is 0.0216 e. The third kappa shape index (κ3) is 2.73. The fraction of sp³-hybridized carbons (Fsp3) is 1.00. The zero-order chi connectivity index (χ0) is 10.7. The quantitative estimate of drug-likeness (QED) is 0.734. The number of hydrogen-bond acceptors (Lipinski definition) is 2. The average molecular weight is 210 g/mol. The molecule has 2 aliphatic rings. The Labute approximate surface area is 94.0 Å². The Morgan fingerprint density at radius 3 is 2.47 bits per heavy atom. The van der Waals surface area contributed by atoms with Crippen molar-refractivity contribution in [2.75, 3.05) is 6.54 Å². The van der Waals surface area contributed by atoms with E-state index in [-0.39, 0.29) is 0 Å². The molecule has 2 nitrogen and oxygen atoms in total. The molecule has 15 heavy (non-hydrogen) atoms. The highest BCUT2D eigenvalue weighted by Gasteiger charge is 2.31. The van der Waals surface area contributed by atoms with Gasteiger partial charge in [0.15, 0.2) is 0 Å². The molecule has 0 radical (unpaired) electrons. The van der Waals surface area contributed by atoms with Crippen molar-refractivity contribution in [3.8, 4) is 0 Å². The monoisotopic (exact) mass is 210 g/mol. The van der Waals surface area contributed by atoms with Crippen molar-refractivity contribution in [2.45, 2.75) is 64.0 Å². The van der Waals surface area contributed by atoms with E-state index in [1.807, 2.05) is 0 Å². The standard InChI is InChI=1S/C13H26N2/c1-2-13-12(14)8-11(9-15-13)10-6-4-3-5-7-10/h10-13,15H,2-9,14H2,1H3. The third-order valence-corrected chi connectivity index (χ3v) is 4.49. The third-order valence-electron chi connectivity index (χ3n) is 4.49. The Morgan fingerprint density at radius 1 is 1.13 bits per heavy atom. The van der Waals surface area contributed by atoms with Gasteiger partial charge in [0.25, 0.3) is 0 Å². The van der Waals surface area contributed by atoms with Gasteiger partial charge in [0.2, 0.25) is 0 Å². The summed E-state index contributed by atoms with van der Waals surface area (Å²) in [7, 11) is 0. The first kappa shape index (κ1) is 11.4. The van der Waals surface area contributed by atoms with Crippen molar-refractivity contribution >= 4 is 0 Å². The summed E-state index contributed by atoms with van der Waals surface area (Å²) in [4.78, 5) is 0. The smallest absolute Gasteiger partial charge is 0.0216 e. The second kappa shape index (κ2) is 5.31. The van der Waals surface area contributed by atoms with Gasteiger partial charge in [0.05, 0.1) is 0 Å². The molecule has 0 aromatic rings. The molecule has 0 spiro atoms. The molecular weight excluding hydrogens is 184 g/mol. The molecule has 2 fully saturated rings. The highest BCUT2D eigenvalue weighted by Crippen LogP contribution is 2.33. The van der Waals surface area contributed by atoms with Crippen LogP contribution in [0.25, 0.3) is 0 Å². The molecule has 1 heterocycles. The Bertz CT molecular complexity index is 187. The van der Waals surface area contributed by atoms with E-state index >= 15 is 0 Å². The topological polar surface area (TPSA) is 38.0 Å². The van der Waals surface area contributed by atoms with Crippen LogP contribution in [0.4, 0.5) is 0 Å². The van der Waals surface area contributed by atoms with Gasteiger partial charge < -0.3 is 11.1 Å². The molecule has 1 saturated carbocycles. The van der Waals surface area contributed by atoms with Crippen molar-refractivity contribution in [1.29, 1.82) is 0 Å². The predicted molar refractivity (Wildman–Crippen MR) is 64.7 cm³/mol. The molecule has 0 aromatic heterocycles. The number of rotatable bonds is 2. The minimum Gasteiger partial charge on any atom is -0.326 e. The Balaban J connectivity index is 1.84. The maximum atomic E-state index is 6.22. The fourth-order valence-corrected chi connectivity index (χ4v) is 3.46. The average Bonchev–Trinajstić information content (AvgIpc) is 2.30. The molecule has 88 valence electrons. The molecule has 2 rings (SSSR count). The lowest BCUT2D eigenvalue weighted by molar-refractivity contribution is 0.169. The first-order chi connectivity index (χ1) is 7.31. The lowest BCUT2D eigenvalue weighted by Crippen LogP contribution is -2.53. The van der Waals surface area contributed by atoms with Gasteiger partial charge >= 0.3 is 0 Å². The van der Waals surface area contributed by atoms with E-state index in [4.69, 9.17) is 5.73 Å². The van der Waals surface area contributed by atoms with E-state index in [2.05, 4.69) is 12.2 Å². The Morgan fingerprint density at radius 2 is 1.87 bits per heavy atom. The van der Waals surface area contributed by atoms with Crippen molar-refractivity contribution < 1.29 is 0 Å². The van der Waals surface area contributed by atoms with E-state index < -0.39 is 0 Å². The summed E-state index contributed by atoms with van der Waals surface area (Å²) in [5, 5.41) is 3.64. The predicted octanol–water partition coefficient (Wildman–Crippen LogP) is 2.28. The van der Waals surface area contributed by atoms with Crippen molar-refractivity contribution in [2.24, 2.45) is 17.6 Å². The van der Waals surface area contributed by atoms with Crippen LogP contribution in [-0.2, 0) is 0 Å². The Kier molecular flexibility index (Phi) is 4.04. The van der Waals surface area contributed by atoms with Crippen LogP contribution in [0.3, 0.4) is 0 Å². The summed E-state index contributed by atoms with van der Waals surface area (Å²) in [6.07, 6.45) is 9.71. The highest BCUT2D eigenvalue weighted by molar-refractivity contribution is 4.90. The van der Waals surface area contributed by atoms with E-state index in [1.54, 1.807) is 0 Å². The zero-order valence-electron chi connectivity index (χ0n) is 10.0. The largest absolute Gasteiger partial charge is 0.326 e. The van der Waals surface area contributed by atoms with Crippen molar-refractivity contribution in [3.05, 3.63) is 0 Å². The van der Waals surface area contributed by atoms with E-state index in [0.29, 0.717) is 12.1 Å². The van der Waals surface area contributed by atoms with Gasteiger partial charge in [-0.05, 0) is 31.2 Å².